The standard InChI is InChI=1S/C13H18N2O4/c16-11-7-6-10(12(17)15-11)14-13(18)19-8-9-4-2-1-3-5-9/h1-5,10-12,15-17H,6-8H2,(H,14,18)/t10-,11-,12-/m0/s1. The molecule has 1 aliphatic rings. The summed E-state index contributed by atoms with van der Waals surface area (Å²) in [5.74, 6) is 0. The van der Waals surface area contributed by atoms with Crippen LogP contribution in [0.2, 0.25) is 0 Å². The summed E-state index contributed by atoms with van der Waals surface area (Å²) in [6, 6.07) is 8.89. The Kier molecular flexibility index (Phi) is 4.73. The Morgan fingerprint density at radius 2 is 2.05 bits per heavy atom. The average Bonchev–Trinajstić information content (AvgIpc) is 2.41. The van der Waals surface area contributed by atoms with Crippen molar-refractivity contribution in [2.45, 2.75) is 37.9 Å². The summed E-state index contributed by atoms with van der Waals surface area (Å²) in [6.07, 6.45) is -1.30. The highest BCUT2D eigenvalue weighted by atomic mass is 16.5. The third kappa shape index (κ3) is 4.20. The van der Waals surface area contributed by atoms with Crippen molar-refractivity contribution >= 4 is 6.09 Å². The second kappa shape index (κ2) is 6.51. The first kappa shape index (κ1) is 13.8. The third-order valence-electron chi connectivity index (χ3n) is 3.01. The maximum Gasteiger partial charge on any atom is 0.407 e. The molecule has 1 saturated heterocycles. The molecule has 6 heteroatoms. The Labute approximate surface area is 111 Å². The molecule has 2 rings (SSSR count). The molecule has 1 heterocycles. The van der Waals surface area contributed by atoms with E-state index in [0.29, 0.717) is 12.8 Å². The lowest BCUT2D eigenvalue weighted by Crippen LogP contribution is -2.56. The van der Waals surface area contributed by atoms with Crippen molar-refractivity contribution in [3.05, 3.63) is 35.9 Å². The first-order valence-corrected chi connectivity index (χ1v) is 6.24. The van der Waals surface area contributed by atoms with Gasteiger partial charge in [0.15, 0.2) is 0 Å². The van der Waals surface area contributed by atoms with Gasteiger partial charge >= 0.3 is 6.09 Å². The second-order valence-corrected chi connectivity index (χ2v) is 4.52. The Morgan fingerprint density at radius 3 is 2.74 bits per heavy atom. The summed E-state index contributed by atoms with van der Waals surface area (Å²) in [4.78, 5) is 11.6. The fourth-order valence-electron chi connectivity index (χ4n) is 1.96. The third-order valence-corrected chi connectivity index (χ3v) is 3.01. The molecule has 1 fully saturated rings. The lowest BCUT2D eigenvalue weighted by atomic mass is 10.1. The molecule has 0 bridgehead atoms. The Bertz CT molecular complexity index is 412. The van der Waals surface area contributed by atoms with Crippen molar-refractivity contribution < 1.29 is 19.7 Å². The largest absolute Gasteiger partial charge is 0.445 e. The summed E-state index contributed by atoms with van der Waals surface area (Å²) in [7, 11) is 0. The van der Waals surface area contributed by atoms with E-state index in [0.717, 1.165) is 5.56 Å². The number of hydrogen-bond acceptors (Lipinski definition) is 5. The minimum Gasteiger partial charge on any atom is -0.445 e. The van der Waals surface area contributed by atoms with Crippen LogP contribution in [0.25, 0.3) is 0 Å². The van der Waals surface area contributed by atoms with Crippen molar-refractivity contribution in [3.8, 4) is 0 Å². The van der Waals surface area contributed by atoms with Crippen molar-refractivity contribution in [2.75, 3.05) is 0 Å². The van der Waals surface area contributed by atoms with Gasteiger partial charge in [0, 0.05) is 0 Å². The Hall–Kier alpha value is -1.63. The van der Waals surface area contributed by atoms with E-state index < -0.39 is 24.6 Å². The van der Waals surface area contributed by atoms with E-state index >= 15 is 0 Å². The van der Waals surface area contributed by atoms with Crippen molar-refractivity contribution in [1.29, 1.82) is 0 Å². The lowest BCUT2D eigenvalue weighted by molar-refractivity contribution is -0.0174. The molecule has 6 nitrogen and oxygen atoms in total. The van der Waals surface area contributed by atoms with Gasteiger partial charge in [0.05, 0.1) is 6.04 Å². The van der Waals surface area contributed by atoms with Gasteiger partial charge in [-0.2, -0.15) is 0 Å². The van der Waals surface area contributed by atoms with Gasteiger partial charge in [-0.05, 0) is 18.4 Å². The molecular weight excluding hydrogens is 248 g/mol. The number of ether oxygens (including phenoxy) is 1. The molecule has 4 N–H and O–H groups in total. The molecule has 1 amide bonds. The van der Waals surface area contributed by atoms with Crippen LogP contribution in [0, 0.1) is 0 Å². The monoisotopic (exact) mass is 266 g/mol. The smallest absolute Gasteiger partial charge is 0.407 e. The normalized spacial score (nSPS) is 26.7. The fourth-order valence-corrected chi connectivity index (χ4v) is 1.96. The van der Waals surface area contributed by atoms with Crippen LogP contribution in [0.15, 0.2) is 30.3 Å². The van der Waals surface area contributed by atoms with Crippen LogP contribution >= 0.6 is 0 Å². The van der Waals surface area contributed by atoms with Crippen molar-refractivity contribution in [3.63, 3.8) is 0 Å². The zero-order chi connectivity index (χ0) is 13.7. The number of hydrogen-bond donors (Lipinski definition) is 4. The molecule has 19 heavy (non-hydrogen) atoms. The quantitative estimate of drug-likeness (QED) is 0.632. The van der Waals surface area contributed by atoms with Gasteiger partial charge in [0.25, 0.3) is 0 Å². The van der Waals surface area contributed by atoms with E-state index in [2.05, 4.69) is 10.6 Å². The zero-order valence-electron chi connectivity index (χ0n) is 10.5. The maximum atomic E-state index is 11.6. The van der Waals surface area contributed by atoms with Gasteiger partial charge in [-0.15, -0.1) is 0 Å². The molecular formula is C13H18N2O4. The number of nitrogens with one attached hydrogen (secondary N) is 2. The summed E-state index contributed by atoms with van der Waals surface area (Å²) in [5, 5.41) is 24.0. The summed E-state index contributed by atoms with van der Waals surface area (Å²) in [6.45, 7) is 0.186. The molecule has 0 aromatic heterocycles. The van der Waals surface area contributed by atoms with Crippen LogP contribution in [0.4, 0.5) is 4.79 Å². The van der Waals surface area contributed by atoms with Gasteiger partial charge < -0.3 is 20.3 Å². The number of alkyl carbamates (subject to hydrolysis) is 1. The minimum atomic E-state index is -0.965. The van der Waals surface area contributed by atoms with Crippen molar-refractivity contribution in [2.24, 2.45) is 0 Å². The second-order valence-electron chi connectivity index (χ2n) is 4.52. The highest BCUT2D eigenvalue weighted by Crippen LogP contribution is 2.11. The number of carbonyl (C=O) groups excluding carboxylic acids is 1. The van der Waals surface area contributed by atoms with E-state index in [1.54, 1.807) is 0 Å². The topological polar surface area (TPSA) is 90.8 Å². The molecule has 0 saturated carbocycles. The number of rotatable bonds is 3. The van der Waals surface area contributed by atoms with Gasteiger partial charge in [-0.25, -0.2) is 4.79 Å². The molecule has 0 aliphatic carbocycles. The van der Waals surface area contributed by atoms with E-state index in [4.69, 9.17) is 4.74 Å². The van der Waals surface area contributed by atoms with Gasteiger partial charge in [-0.1, -0.05) is 30.3 Å². The number of carbonyl (C=O) groups is 1. The van der Waals surface area contributed by atoms with E-state index in [1.165, 1.54) is 0 Å². The molecule has 1 aromatic rings. The van der Waals surface area contributed by atoms with E-state index in [9.17, 15) is 15.0 Å². The van der Waals surface area contributed by atoms with Crippen LogP contribution in [-0.4, -0.2) is 34.8 Å². The number of aliphatic hydroxyl groups is 2. The highest BCUT2D eigenvalue weighted by molar-refractivity contribution is 5.67. The number of benzene rings is 1. The SMILES string of the molecule is O=C(N[C@H]1CC[C@H](O)N[C@H]1O)OCc1ccccc1. The van der Waals surface area contributed by atoms with E-state index in [1.807, 2.05) is 30.3 Å². The maximum absolute atomic E-state index is 11.6. The van der Waals surface area contributed by atoms with Crippen LogP contribution < -0.4 is 10.6 Å². The molecule has 1 aliphatic heterocycles. The van der Waals surface area contributed by atoms with Crippen LogP contribution in [0.3, 0.4) is 0 Å². The van der Waals surface area contributed by atoms with Gasteiger partial charge in [0.2, 0.25) is 0 Å². The van der Waals surface area contributed by atoms with Crippen LogP contribution in [0.1, 0.15) is 18.4 Å². The van der Waals surface area contributed by atoms with Crippen LogP contribution in [-0.2, 0) is 11.3 Å². The highest BCUT2D eigenvalue weighted by Gasteiger charge is 2.28. The fraction of sp³-hybridized carbons (Fsp3) is 0.462. The molecule has 3 atom stereocenters. The molecule has 0 radical (unpaired) electrons. The first-order valence-electron chi connectivity index (χ1n) is 6.24. The van der Waals surface area contributed by atoms with Gasteiger partial charge in [0.1, 0.15) is 19.1 Å². The number of aliphatic hydroxyl groups excluding tert-OH is 2. The Morgan fingerprint density at radius 1 is 1.32 bits per heavy atom. The number of amides is 1. The van der Waals surface area contributed by atoms with Crippen LogP contribution in [0.5, 0.6) is 0 Å². The predicted molar refractivity (Wildman–Crippen MR) is 67.9 cm³/mol. The predicted octanol–water partition coefficient (Wildman–Crippen LogP) is 0.302. The summed E-state index contributed by atoms with van der Waals surface area (Å²) < 4.78 is 5.05. The molecule has 104 valence electrons. The first-order chi connectivity index (χ1) is 9.15. The van der Waals surface area contributed by atoms with E-state index in [-0.39, 0.29) is 6.61 Å². The molecule has 1 aromatic carbocycles. The minimum absolute atomic E-state index is 0.186. The molecule has 0 spiro atoms. The number of piperidine rings is 1. The summed E-state index contributed by atoms with van der Waals surface area (Å²) in [5.41, 5.74) is 0.899. The van der Waals surface area contributed by atoms with Gasteiger partial charge in [-0.3, -0.25) is 5.32 Å². The average molecular weight is 266 g/mol. The zero-order valence-corrected chi connectivity index (χ0v) is 10.5. The van der Waals surface area contributed by atoms with Crippen molar-refractivity contribution in [1.82, 2.24) is 10.6 Å². The summed E-state index contributed by atoms with van der Waals surface area (Å²) >= 11 is 0. The lowest BCUT2D eigenvalue weighted by Gasteiger charge is -2.32. The Balaban J connectivity index is 1.75. The molecule has 0 unspecified atom stereocenters.